The molecule has 1 heterocycles. The van der Waals surface area contributed by atoms with Gasteiger partial charge in [-0.05, 0) is 18.4 Å². The zero-order valence-corrected chi connectivity index (χ0v) is 10.6. The fraction of sp³-hybridized carbons (Fsp3) is 0.400. The highest BCUT2D eigenvalue weighted by atomic mass is 16.2. The topological polar surface area (TPSA) is 32.3 Å². The molecule has 0 spiro atoms. The van der Waals surface area contributed by atoms with E-state index in [0.29, 0.717) is 6.54 Å². The van der Waals surface area contributed by atoms with Crippen LogP contribution in [0.3, 0.4) is 0 Å². The molecule has 0 radical (unpaired) electrons. The molecule has 1 aliphatic rings. The van der Waals surface area contributed by atoms with Crippen LogP contribution in [0.25, 0.3) is 6.08 Å². The van der Waals surface area contributed by atoms with Crippen LogP contribution in [0.5, 0.6) is 0 Å². The summed E-state index contributed by atoms with van der Waals surface area (Å²) < 4.78 is 0. The highest BCUT2D eigenvalue weighted by molar-refractivity contribution is 5.78. The summed E-state index contributed by atoms with van der Waals surface area (Å²) in [6.45, 7) is 3.04. The van der Waals surface area contributed by atoms with E-state index < -0.39 is 0 Å². The van der Waals surface area contributed by atoms with E-state index in [4.69, 9.17) is 0 Å². The van der Waals surface area contributed by atoms with E-state index in [0.717, 1.165) is 32.5 Å². The third-order valence-electron chi connectivity index (χ3n) is 3.11. The van der Waals surface area contributed by atoms with Crippen molar-refractivity contribution in [1.29, 1.82) is 0 Å². The van der Waals surface area contributed by atoms with Gasteiger partial charge in [0.25, 0.3) is 0 Å². The molecular formula is C15H20N2O. The predicted octanol–water partition coefficient (Wildman–Crippen LogP) is 1.91. The molecule has 1 aliphatic heterocycles. The van der Waals surface area contributed by atoms with E-state index in [1.807, 2.05) is 29.2 Å². The first-order chi connectivity index (χ1) is 8.86. The molecule has 1 aromatic carbocycles. The Hall–Kier alpha value is -1.61. The molecule has 2 rings (SSSR count). The maximum Gasteiger partial charge on any atom is 0.236 e. The van der Waals surface area contributed by atoms with Crippen molar-refractivity contribution in [3.05, 3.63) is 42.0 Å². The van der Waals surface area contributed by atoms with E-state index in [1.54, 1.807) is 0 Å². The predicted molar refractivity (Wildman–Crippen MR) is 74.2 cm³/mol. The Morgan fingerprint density at radius 2 is 1.94 bits per heavy atom. The van der Waals surface area contributed by atoms with Crippen molar-refractivity contribution < 1.29 is 4.79 Å². The van der Waals surface area contributed by atoms with Crippen molar-refractivity contribution in [2.45, 2.75) is 12.8 Å². The van der Waals surface area contributed by atoms with Gasteiger partial charge in [-0.2, -0.15) is 0 Å². The van der Waals surface area contributed by atoms with Crippen molar-refractivity contribution >= 4 is 12.0 Å². The minimum absolute atomic E-state index is 0.223. The third kappa shape index (κ3) is 4.00. The van der Waals surface area contributed by atoms with E-state index in [-0.39, 0.29) is 5.91 Å². The van der Waals surface area contributed by atoms with E-state index >= 15 is 0 Å². The van der Waals surface area contributed by atoms with Crippen LogP contribution in [0, 0.1) is 0 Å². The second-order valence-corrected chi connectivity index (χ2v) is 4.53. The quantitative estimate of drug-likeness (QED) is 0.802. The van der Waals surface area contributed by atoms with Gasteiger partial charge in [-0.3, -0.25) is 4.79 Å². The second kappa shape index (κ2) is 6.97. The van der Waals surface area contributed by atoms with Crippen molar-refractivity contribution in [2.75, 3.05) is 26.2 Å². The molecule has 0 saturated carbocycles. The zero-order chi connectivity index (χ0) is 12.6. The summed E-state index contributed by atoms with van der Waals surface area (Å²) in [5, 5.41) is 3.15. The molecule has 0 unspecified atom stereocenters. The molecule has 18 heavy (non-hydrogen) atoms. The maximum atomic E-state index is 11.7. The largest absolute Gasteiger partial charge is 0.342 e. The summed E-state index contributed by atoms with van der Waals surface area (Å²) in [4.78, 5) is 13.7. The number of hydrogen-bond donors (Lipinski definition) is 1. The van der Waals surface area contributed by atoms with Crippen molar-refractivity contribution in [2.24, 2.45) is 0 Å². The molecule has 0 aliphatic carbocycles. The Kier molecular flexibility index (Phi) is 4.97. The van der Waals surface area contributed by atoms with Crippen LogP contribution >= 0.6 is 0 Å². The lowest BCUT2D eigenvalue weighted by molar-refractivity contribution is -0.129. The van der Waals surface area contributed by atoms with Gasteiger partial charge in [0.2, 0.25) is 5.91 Å². The number of nitrogens with zero attached hydrogens (tertiary/aromatic N) is 1. The molecule has 0 bridgehead atoms. The number of hydrogen-bond acceptors (Lipinski definition) is 2. The minimum Gasteiger partial charge on any atom is -0.342 e. The van der Waals surface area contributed by atoms with Gasteiger partial charge in [0.15, 0.2) is 0 Å². The van der Waals surface area contributed by atoms with E-state index in [2.05, 4.69) is 23.5 Å². The van der Waals surface area contributed by atoms with Gasteiger partial charge in [0.05, 0.1) is 6.54 Å². The molecule has 3 heteroatoms. The van der Waals surface area contributed by atoms with Gasteiger partial charge in [-0.15, -0.1) is 0 Å². The molecule has 0 aromatic heterocycles. The number of nitrogens with one attached hydrogen (secondary N) is 1. The number of rotatable bonds is 5. The summed E-state index contributed by atoms with van der Waals surface area (Å²) in [6, 6.07) is 10.2. The minimum atomic E-state index is 0.223. The molecular weight excluding hydrogens is 224 g/mol. The summed E-state index contributed by atoms with van der Waals surface area (Å²) in [7, 11) is 0. The fourth-order valence-corrected chi connectivity index (χ4v) is 2.10. The third-order valence-corrected chi connectivity index (χ3v) is 3.11. The molecule has 1 N–H and O–H groups in total. The highest BCUT2D eigenvalue weighted by Gasteiger charge is 2.16. The summed E-state index contributed by atoms with van der Waals surface area (Å²) in [5.74, 6) is 0.223. The van der Waals surface area contributed by atoms with Crippen LogP contribution in [0.15, 0.2) is 36.4 Å². The Balaban J connectivity index is 1.64. The van der Waals surface area contributed by atoms with E-state index in [1.165, 1.54) is 5.56 Å². The van der Waals surface area contributed by atoms with Gasteiger partial charge in [0.1, 0.15) is 0 Å². The van der Waals surface area contributed by atoms with Crippen LogP contribution in [0.1, 0.15) is 18.4 Å². The Morgan fingerprint density at radius 3 is 2.67 bits per heavy atom. The van der Waals surface area contributed by atoms with Gasteiger partial charge in [0, 0.05) is 19.6 Å². The maximum absolute atomic E-state index is 11.7. The molecule has 3 nitrogen and oxygen atoms in total. The van der Waals surface area contributed by atoms with Crippen LogP contribution < -0.4 is 5.32 Å². The number of carbonyl (C=O) groups is 1. The lowest BCUT2D eigenvalue weighted by Gasteiger charge is -2.14. The van der Waals surface area contributed by atoms with Crippen LogP contribution in [0.2, 0.25) is 0 Å². The standard InChI is InChI=1S/C15H20N2O/c18-15(17-11-4-5-12-17)13-16-10-6-9-14-7-2-1-3-8-14/h1-3,6-9,16H,4-5,10-13H2/b9-6+. The Bertz CT molecular complexity index is 394. The number of likely N-dealkylation sites (tertiary alicyclic amines) is 1. The molecule has 0 atom stereocenters. The summed E-state index contributed by atoms with van der Waals surface area (Å²) in [5.41, 5.74) is 1.19. The molecule has 1 saturated heterocycles. The average Bonchev–Trinajstić information content (AvgIpc) is 2.93. The highest BCUT2D eigenvalue weighted by Crippen LogP contribution is 2.06. The van der Waals surface area contributed by atoms with Crippen LogP contribution in [0.4, 0.5) is 0 Å². The number of amides is 1. The van der Waals surface area contributed by atoms with Crippen LogP contribution in [-0.4, -0.2) is 37.0 Å². The molecule has 1 fully saturated rings. The Labute approximate surface area is 108 Å². The van der Waals surface area contributed by atoms with Gasteiger partial charge < -0.3 is 10.2 Å². The van der Waals surface area contributed by atoms with Crippen molar-refractivity contribution in [3.63, 3.8) is 0 Å². The Morgan fingerprint density at radius 1 is 1.22 bits per heavy atom. The zero-order valence-electron chi connectivity index (χ0n) is 10.6. The van der Waals surface area contributed by atoms with Crippen molar-refractivity contribution in [3.8, 4) is 0 Å². The van der Waals surface area contributed by atoms with Gasteiger partial charge in [-0.1, -0.05) is 42.5 Å². The number of carbonyl (C=O) groups excluding carboxylic acids is 1. The normalized spacial score (nSPS) is 15.4. The SMILES string of the molecule is O=C(CNC/C=C/c1ccccc1)N1CCCC1. The lowest BCUT2D eigenvalue weighted by Crippen LogP contribution is -2.36. The van der Waals surface area contributed by atoms with Gasteiger partial charge >= 0.3 is 0 Å². The first-order valence-electron chi connectivity index (χ1n) is 6.56. The lowest BCUT2D eigenvalue weighted by atomic mass is 10.2. The van der Waals surface area contributed by atoms with E-state index in [9.17, 15) is 4.79 Å². The monoisotopic (exact) mass is 244 g/mol. The summed E-state index contributed by atoms with van der Waals surface area (Å²) in [6.07, 6.45) is 6.42. The average molecular weight is 244 g/mol. The fourth-order valence-electron chi connectivity index (χ4n) is 2.10. The molecule has 96 valence electrons. The van der Waals surface area contributed by atoms with Gasteiger partial charge in [-0.25, -0.2) is 0 Å². The molecule has 1 aromatic rings. The van der Waals surface area contributed by atoms with Crippen molar-refractivity contribution in [1.82, 2.24) is 10.2 Å². The van der Waals surface area contributed by atoms with Crippen LogP contribution in [-0.2, 0) is 4.79 Å². The summed E-state index contributed by atoms with van der Waals surface area (Å²) >= 11 is 0. The molecule has 1 amide bonds. The number of benzene rings is 1. The second-order valence-electron chi connectivity index (χ2n) is 4.53. The first-order valence-corrected chi connectivity index (χ1v) is 6.56. The first kappa shape index (κ1) is 12.8. The smallest absolute Gasteiger partial charge is 0.236 e.